The zero-order valence-corrected chi connectivity index (χ0v) is 12.2. The van der Waals surface area contributed by atoms with Crippen molar-refractivity contribution in [3.05, 3.63) is 35.4 Å². The first kappa shape index (κ1) is 15.2. The van der Waals surface area contributed by atoms with Crippen molar-refractivity contribution in [3.8, 4) is 0 Å². The Morgan fingerprint density at radius 2 is 1.89 bits per heavy atom. The molecule has 0 aliphatic rings. The lowest BCUT2D eigenvalue weighted by atomic mass is 10.1. The minimum absolute atomic E-state index is 0.976. The summed E-state index contributed by atoms with van der Waals surface area (Å²) in [5, 5.41) is 3.37. The Kier molecular flexibility index (Phi) is 7.70. The molecule has 0 spiro atoms. The van der Waals surface area contributed by atoms with Crippen LogP contribution in [0.5, 0.6) is 0 Å². The van der Waals surface area contributed by atoms with Gasteiger partial charge < -0.3 is 10.2 Å². The van der Waals surface area contributed by atoms with Crippen LogP contribution in [0.25, 0.3) is 0 Å². The molecule has 1 N–H and O–H groups in total. The van der Waals surface area contributed by atoms with Crippen LogP contribution < -0.4 is 5.32 Å². The van der Waals surface area contributed by atoms with Gasteiger partial charge in [0.2, 0.25) is 0 Å². The molecule has 1 aromatic carbocycles. The zero-order chi connectivity index (χ0) is 13.2. The summed E-state index contributed by atoms with van der Waals surface area (Å²) in [5.74, 6) is 0. The summed E-state index contributed by atoms with van der Waals surface area (Å²) >= 11 is 0. The third kappa shape index (κ3) is 6.18. The van der Waals surface area contributed by atoms with Crippen LogP contribution in [-0.4, -0.2) is 25.0 Å². The Morgan fingerprint density at radius 1 is 1.11 bits per heavy atom. The molecule has 0 fully saturated rings. The van der Waals surface area contributed by atoms with Crippen LogP contribution >= 0.6 is 0 Å². The third-order valence-electron chi connectivity index (χ3n) is 3.17. The van der Waals surface area contributed by atoms with Crippen molar-refractivity contribution in [2.24, 2.45) is 0 Å². The van der Waals surface area contributed by atoms with Crippen LogP contribution in [0.3, 0.4) is 0 Å². The molecule has 0 radical (unpaired) electrons. The first-order valence-corrected chi connectivity index (χ1v) is 7.23. The number of nitrogens with one attached hydrogen (secondary N) is 1. The highest BCUT2D eigenvalue weighted by Gasteiger charge is 2.01. The Bertz CT molecular complexity index is 323. The van der Waals surface area contributed by atoms with E-state index < -0.39 is 0 Å². The summed E-state index contributed by atoms with van der Waals surface area (Å²) in [6.45, 7) is 8.66. The standard InChI is InChI=1S/C16H28N2/c1-4-6-7-11-18(3)14-16-10-8-9-15(12-16)13-17-5-2/h8-10,12,17H,4-7,11,13-14H2,1-3H3. The van der Waals surface area contributed by atoms with Gasteiger partial charge in [-0.1, -0.05) is 51.0 Å². The lowest BCUT2D eigenvalue weighted by molar-refractivity contribution is 0.318. The van der Waals surface area contributed by atoms with Crippen molar-refractivity contribution in [1.82, 2.24) is 10.2 Å². The second kappa shape index (κ2) is 9.12. The van der Waals surface area contributed by atoms with Gasteiger partial charge in [0.25, 0.3) is 0 Å². The van der Waals surface area contributed by atoms with E-state index in [-0.39, 0.29) is 0 Å². The maximum Gasteiger partial charge on any atom is 0.0230 e. The molecule has 0 heterocycles. The molecule has 2 heteroatoms. The average molecular weight is 248 g/mol. The molecule has 0 unspecified atom stereocenters. The van der Waals surface area contributed by atoms with Crippen LogP contribution in [0, 0.1) is 0 Å². The summed E-state index contributed by atoms with van der Waals surface area (Å²) in [7, 11) is 2.21. The summed E-state index contributed by atoms with van der Waals surface area (Å²) in [6.07, 6.45) is 3.95. The molecule has 0 saturated heterocycles. The van der Waals surface area contributed by atoms with Gasteiger partial charge in [0.05, 0.1) is 0 Å². The van der Waals surface area contributed by atoms with Gasteiger partial charge in [0.15, 0.2) is 0 Å². The second-order valence-electron chi connectivity index (χ2n) is 5.05. The van der Waals surface area contributed by atoms with Gasteiger partial charge in [-0.25, -0.2) is 0 Å². The molecule has 0 atom stereocenters. The first-order valence-electron chi connectivity index (χ1n) is 7.23. The fourth-order valence-corrected chi connectivity index (χ4v) is 2.13. The largest absolute Gasteiger partial charge is 0.313 e. The molecule has 2 nitrogen and oxygen atoms in total. The van der Waals surface area contributed by atoms with Crippen molar-refractivity contribution in [3.63, 3.8) is 0 Å². The molecular weight excluding hydrogens is 220 g/mol. The summed E-state index contributed by atoms with van der Waals surface area (Å²) in [4.78, 5) is 2.42. The zero-order valence-electron chi connectivity index (χ0n) is 12.2. The smallest absolute Gasteiger partial charge is 0.0230 e. The van der Waals surface area contributed by atoms with Crippen molar-refractivity contribution >= 4 is 0 Å². The van der Waals surface area contributed by atoms with E-state index in [2.05, 4.69) is 55.4 Å². The second-order valence-corrected chi connectivity index (χ2v) is 5.05. The highest BCUT2D eigenvalue weighted by molar-refractivity contribution is 5.23. The van der Waals surface area contributed by atoms with E-state index >= 15 is 0 Å². The number of hydrogen-bond donors (Lipinski definition) is 1. The molecular formula is C16H28N2. The molecule has 1 aromatic rings. The van der Waals surface area contributed by atoms with Crippen molar-refractivity contribution in [2.45, 2.75) is 46.2 Å². The number of benzene rings is 1. The lowest BCUT2D eigenvalue weighted by Crippen LogP contribution is -2.19. The lowest BCUT2D eigenvalue weighted by Gasteiger charge is -2.17. The van der Waals surface area contributed by atoms with Gasteiger partial charge in [0, 0.05) is 13.1 Å². The quantitative estimate of drug-likeness (QED) is 0.674. The Balaban J connectivity index is 2.40. The van der Waals surface area contributed by atoms with Gasteiger partial charge >= 0.3 is 0 Å². The molecule has 0 aliphatic carbocycles. The monoisotopic (exact) mass is 248 g/mol. The van der Waals surface area contributed by atoms with E-state index in [4.69, 9.17) is 0 Å². The molecule has 1 rings (SSSR count). The molecule has 0 amide bonds. The molecule has 0 aliphatic heterocycles. The number of hydrogen-bond acceptors (Lipinski definition) is 2. The van der Waals surface area contributed by atoms with Gasteiger partial charge in [-0.2, -0.15) is 0 Å². The maximum atomic E-state index is 3.37. The van der Waals surface area contributed by atoms with E-state index in [1.807, 2.05) is 0 Å². The van der Waals surface area contributed by atoms with Gasteiger partial charge in [-0.3, -0.25) is 0 Å². The van der Waals surface area contributed by atoms with Crippen LogP contribution in [-0.2, 0) is 13.1 Å². The SMILES string of the molecule is CCCCCN(C)Cc1cccc(CNCC)c1. The van der Waals surface area contributed by atoms with Crippen LogP contribution in [0.4, 0.5) is 0 Å². The minimum atomic E-state index is 0.976. The summed E-state index contributed by atoms with van der Waals surface area (Å²) < 4.78 is 0. The average Bonchev–Trinajstić information content (AvgIpc) is 2.37. The van der Waals surface area contributed by atoms with Crippen molar-refractivity contribution in [1.29, 1.82) is 0 Å². The summed E-state index contributed by atoms with van der Waals surface area (Å²) in [5.41, 5.74) is 2.81. The summed E-state index contributed by atoms with van der Waals surface area (Å²) in [6, 6.07) is 8.91. The topological polar surface area (TPSA) is 15.3 Å². The minimum Gasteiger partial charge on any atom is -0.313 e. The number of nitrogens with zero attached hydrogens (tertiary/aromatic N) is 1. The van der Waals surface area contributed by atoms with E-state index in [1.165, 1.54) is 36.9 Å². The van der Waals surface area contributed by atoms with Crippen LogP contribution in [0.1, 0.15) is 44.2 Å². The van der Waals surface area contributed by atoms with E-state index in [0.29, 0.717) is 0 Å². The predicted molar refractivity (Wildman–Crippen MR) is 79.7 cm³/mol. The highest BCUT2D eigenvalue weighted by atomic mass is 15.1. The first-order chi connectivity index (χ1) is 8.76. The highest BCUT2D eigenvalue weighted by Crippen LogP contribution is 2.08. The van der Waals surface area contributed by atoms with Gasteiger partial charge in [0.1, 0.15) is 0 Å². The van der Waals surface area contributed by atoms with E-state index in [9.17, 15) is 0 Å². The predicted octanol–water partition coefficient (Wildman–Crippen LogP) is 3.42. The molecule has 0 bridgehead atoms. The van der Waals surface area contributed by atoms with E-state index in [1.54, 1.807) is 0 Å². The normalized spacial score (nSPS) is 11.1. The van der Waals surface area contributed by atoms with Crippen molar-refractivity contribution < 1.29 is 0 Å². The number of unbranched alkanes of at least 4 members (excludes halogenated alkanes) is 2. The van der Waals surface area contributed by atoms with Crippen LogP contribution in [0.2, 0.25) is 0 Å². The van der Waals surface area contributed by atoms with Crippen molar-refractivity contribution in [2.75, 3.05) is 20.1 Å². The Labute approximate surface area is 112 Å². The molecule has 0 aromatic heterocycles. The fraction of sp³-hybridized carbons (Fsp3) is 0.625. The fourth-order valence-electron chi connectivity index (χ4n) is 2.13. The van der Waals surface area contributed by atoms with Crippen LogP contribution in [0.15, 0.2) is 24.3 Å². The van der Waals surface area contributed by atoms with Gasteiger partial charge in [-0.15, -0.1) is 0 Å². The van der Waals surface area contributed by atoms with Gasteiger partial charge in [-0.05, 0) is 37.7 Å². The molecule has 18 heavy (non-hydrogen) atoms. The number of rotatable bonds is 9. The molecule has 0 saturated carbocycles. The molecule has 102 valence electrons. The Hall–Kier alpha value is -0.860. The Morgan fingerprint density at radius 3 is 2.61 bits per heavy atom. The van der Waals surface area contributed by atoms with E-state index in [0.717, 1.165) is 19.6 Å². The maximum absolute atomic E-state index is 3.37. The third-order valence-corrected chi connectivity index (χ3v) is 3.17.